The Morgan fingerprint density at radius 2 is 2.07 bits per heavy atom. The van der Waals surface area contributed by atoms with Crippen molar-refractivity contribution in [2.45, 2.75) is 32.7 Å². The van der Waals surface area contributed by atoms with E-state index >= 15 is 0 Å². The Morgan fingerprint density at radius 1 is 1.50 bits per heavy atom. The van der Waals surface area contributed by atoms with Gasteiger partial charge in [-0.1, -0.05) is 13.8 Å². The highest BCUT2D eigenvalue weighted by Crippen LogP contribution is 2.02. The van der Waals surface area contributed by atoms with Gasteiger partial charge in [-0.2, -0.15) is 0 Å². The Hall–Kier alpha value is -1.50. The molecule has 0 unspecified atom stereocenters. The Labute approximate surface area is 83.7 Å². The summed E-state index contributed by atoms with van der Waals surface area (Å²) in [4.78, 5) is 21.8. The normalized spacial score (nSPS) is 11.9. The van der Waals surface area contributed by atoms with Crippen LogP contribution in [0, 0.1) is 18.3 Å². The van der Waals surface area contributed by atoms with E-state index in [1.165, 1.54) is 0 Å². The van der Waals surface area contributed by atoms with Gasteiger partial charge < -0.3 is 10.4 Å². The number of carboxylic acid groups (broad SMARTS) is 1. The molecule has 0 aliphatic heterocycles. The van der Waals surface area contributed by atoms with Gasteiger partial charge in [-0.3, -0.25) is 4.79 Å². The second-order valence-corrected chi connectivity index (χ2v) is 3.33. The standard InChI is InChI=1S/C10H15NO3/c1-4-5-6-8(12)11-9(7(2)3)10(13)14/h1,7,9H,5-6H2,2-3H3,(H,11,12)(H,13,14)/t9-/m1/s1. The Bertz CT molecular complexity index is 253. The minimum atomic E-state index is -1.02. The van der Waals surface area contributed by atoms with Crippen molar-refractivity contribution in [1.29, 1.82) is 0 Å². The van der Waals surface area contributed by atoms with Crippen LogP contribution < -0.4 is 5.32 Å². The third-order valence-electron chi connectivity index (χ3n) is 1.75. The maximum atomic E-state index is 11.2. The molecule has 0 saturated heterocycles. The number of carboxylic acids is 1. The van der Waals surface area contributed by atoms with Crippen molar-refractivity contribution in [2.24, 2.45) is 5.92 Å². The number of carbonyl (C=O) groups excluding carboxylic acids is 1. The molecule has 0 aromatic rings. The van der Waals surface area contributed by atoms with Gasteiger partial charge in [0.05, 0.1) is 0 Å². The highest BCUT2D eigenvalue weighted by atomic mass is 16.4. The molecule has 0 aromatic heterocycles. The van der Waals surface area contributed by atoms with Crippen LogP contribution in [0.25, 0.3) is 0 Å². The zero-order valence-electron chi connectivity index (χ0n) is 8.41. The second-order valence-electron chi connectivity index (χ2n) is 3.33. The van der Waals surface area contributed by atoms with Crippen LogP contribution in [-0.2, 0) is 9.59 Å². The summed E-state index contributed by atoms with van der Waals surface area (Å²) in [5, 5.41) is 11.2. The first-order valence-corrected chi connectivity index (χ1v) is 4.44. The first-order valence-electron chi connectivity index (χ1n) is 4.44. The topological polar surface area (TPSA) is 66.4 Å². The Balaban J connectivity index is 4.12. The summed E-state index contributed by atoms with van der Waals surface area (Å²) >= 11 is 0. The average Bonchev–Trinajstić information content (AvgIpc) is 2.09. The lowest BCUT2D eigenvalue weighted by Crippen LogP contribution is -2.44. The maximum Gasteiger partial charge on any atom is 0.326 e. The van der Waals surface area contributed by atoms with Crippen LogP contribution in [0.3, 0.4) is 0 Å². The van der Waals surface area contributed by atoms with Crippen LogP contribution in [0.1, 0.15) is 26.7 Å². The van der Waals surface area contributed by atoms with Gasteiger partial charge in [-0.25, -0.2) is 4.79 Å². The smallest absolute Gasteiger partial charge is 0.326 e. The van der Waals surface area contributed by atoms with Gasteiger partial charge >= 0.3 is 5.97 Å². The average molecular weight is 197 g/mol. The second kappa shape index (κ2) is 6.03. The predicted molar refractivity (Wildman–Crippen MR) is 52.5 cm³/mol. The van der Waals surface area contributed by atoms with Crippen LogP contribution in [0.15, 0.2) is 0 Å². The fourth-order valence-electron chi connectivity index (χ4n) is 0.945. The molecule has 4 heteroatoms. The van der Waals surface area contributed by atoms with E-state index < -0.39 is 12.0 Å². The molecule has 0 spiro atoms. The lowest BCUT2D eigenvalue weighted by molar-refractivity contribution is -0.143. The molecular formula is C10H15NO3. The largest absolute Gasteiger partial charge is 0.480 e. The summed E-state index contributed by atoms with van der Waals surface area (Å²) in [6, 6.07) is -0.833. The van der Waals surface area contributed by atoms with E-state index in [1.54, 1.807) is 13.8 Å². The number of rotatable bonds is 5. The van der Waals surface area contributed by atoms with E-state index in [1.807, 2.05) is 0 Å². The number of amides is 1. The van der Waals surface area contributed by atoms with E-state index in [9.17, 15) is 9.59 Å². The summed E-state index contributed by atoms with van der Waals surface area (Å²) in [6.45, 7) is 3.47. The van der Waals surface area contributed by atoms with Gasteiger partial charge in [0, 0.05) is 12.8 Å². The fraction of sp³-hybridized carbons (Fsp3) is 0.600. The lowest BCUT2D eigenvalue weighted by atomic mass is 10.0. The first-order chi connectivity index (χ1) is 6.49. The molecule has 0 fully saturated rings. The van der Waals surface area contributed by atoms with Gasteiger partial charge in [-0.15, -0.1) is 12.3 Å². The summed E-state index contributed by atoms with van der Waals surface area (Å²) in [5.74, 6) is 0.850. The molecule has 0 saturated carbocycles. The molecule has 0 radical (unpaired) electrons. The number of hydrogen-bond acceptors (Lipinski definition) is 2. The Morgan fingerprint density at radius 3 is 2.43 bits per heavy atom. The van der Waals surface area contributed by atoms with Crippen molar-refractivity contribution in [1.82, 2.24) is 5.32 Å². The molecule has 1 amide bonds. The molecule has 2 N–H and O–H groups in total. The molecule has 78 valence electrons. The van der Waals surface area contributed by atoms with Crippen LogP contribution in [-0.4, -0.2) is 23.0 Å². The predicted octanol–water partition coefficient (Wildman–Crippen LogP) is 0.625. The van der Waals surface area contributed by atoms with E-state index in [0.717, 1.165) is 0 Å². The summed E-state index contributed by atoms with van der Waals surface area (Å²) in [7, 11) is 0. The molecule has 4 nitrogen and oxygen atoms in total. The van der Waals surface area contributed by atoms with Crippen molar-refractivity contribution in [3.05, 3.63) is 0 Å². The molecule has 0 aliphatic rings. The number of carbonyl (C=O) groups is 2. The van der Waals surface area contributed by atoms with Gasteiger partial charge in [-0.05, 0) is 5.92 Å². The molecule has 0 heterocycles. The quantitative estimate of drug-likeness (QED) is 0.635. The van der Waals surface area contributed by atoms with E-state index in [-0.39, 0.29) is 18.2 Å². The molecule has 1 atom stereocenters. The van der Waals surface area contributed by atoms with Crippen molar-refractivity contribution >= 4 is 11.9 Å². The number of aliphatic carboxylic acids is 1. The summed E-state index contributed by atoms with van der Waals surface area (Å²) < 4.78 is 0. The molecule has 0 rings (SSSR count). The number of hydrogen-bond donors (Lipinski definition) is 2. The Kier molecular flexibility index (Phi) is 5.38. The van der Waals surface area contributed by atoms with Gasteiger partial charge in [0.15, 0.2) is 0 Å². The van der Waals surface area contributed by atoms with Gasteiger partial charge in [0.25, 0.3) is 0 Å². The fourth-order valence-corrected chi connectivity index (χ4v) is 0.945. The number of nitrogens with one attached hydrogen (secondary N) is 1. The highest BCUT2D eigenvalue weighted by Gasteiger charge is 2.22. The van der Waals surface area contributed by atoms with Crippen LogP contribution in [0.4, 0.5) is 0 Å². The zero-order chi connectivity index (χ0) is 11.1. The molecule has 0 aliphatic carbocycles. The van der Waals surface area contributed by atoms with E-state index in [2.05, 4.69) is 11.2 Å². The monoisotopic (exact) mass is 197 g/mol. The number of terminal acetylenes is 1. The first kappa shape index (κ1) is 12.5. The SMILES string of the molecule is C#CCCC(=O)N[C@@H](C(=O)O)C(C)C. The van der Waals surface area contributed by atoms with E-state index in [0.29, 0.717) is 6.42 Å². The molecule has 0 bridgehead atoms. The molecular weight excluding hydrogens is 182 g/mol. The van der Waals surface area contributed by atoms with E-state index in [4.69, 9.17) is 11.5 Å². The van der Waals surface area contributed by atoms with Crippen molar-refractivity contribution < 1.29 is 14.7 Å². The van der Waals surface area contributed by atoms with Crippen LogP contribution >= 0.6 is 0 Å². The molecule has 14 heavy (non-hydrogen) atoms. The van der Waals surface area contributed by atoms with Crippen molar-refractivity contribution in [2.75, 3.05) is 0 Å². The summed E-state index contributed by atoms with van der Waals surface area (Å²) in [6.07, 6.45) is 5.48. The highest BCUT2D eigenvalue weighted by molar-refractivity contribution is 5.83. The minimum Gasteiger partial charge on any atom is -0.480 e. The third-order valence-corrected chi connectivity index (χ3v) is 1.75. The maximum absolute atomic E-state index is 11.2. The van der Waals surface area contributed by atoms with Crippen molar-refractivity contribution in [3.63, 3.8) is 0 Å². The van der Waals surface area contributed by atoms with Crippen LogP contribution in [0.5, 0.6) is 0 Å². The zero-order valence-corrected chi connectivity index (χ0v) is 8.41. The van der Waals surface area contributed by atoms with Crippen molar-refractivity contribution in [3.8, 4) is 12.3 Å². The third kappa shape index (κ3) is 4.51. The summed E-state index contributed by atoms with van der Waals surface area (Å²) in [5.41, 5.74) is 0. The van der Waals surface area contributed by atoms with Crippen LogP contribution in [0.2, 0.25) is 0 Å². The molecule has 0 aromatic carbocycles. The van der Waals surface area contributed by atoms with Gasteiger partial charge in [0.1, 0.15) is 6.04 Å². The van der Waals surface area contributed by atoms with Gasteiger partial charge in [0.2, 0.25) is 5.91 Å². The lowest BCUT2D eigenvalue weighted by Gasteiger charge is -2.17. The minimum absolute atomic E-state index is 0.137.